The van der Waals surface area contributed by atoms with Crippen LogP contribution in [-0.2, 0) is 4.74 Å². The molecular weight excluding hydrogens is 320 g/mol. The largest absolute Gasteiger partial charge is 0.458 e. The number of ether oxygens (including phenoxy) is 1. The number of hydrogen-bond acceptors (Lipinski definition) is 1. The van der Waals surface area contributed by atoms with E-state index in [-0.39, 0.29) is 0 Å². The lowest BCUT2D eigenvalue weighted by atomic mass is 10.3. The molecule has 17 heavy (non-hydrogen) atoms. The average Bonchev–Trinajstić information content (AvgIpc) is 1.96. The van der Waals surface area contributed by atoms with E-state index in [2.05, 4.69) is 4.74 Å². The Bertz CT molecular complexity index is 245. The molecule has 0 unspecified atom stereocenters. The molecule has 0 aromatic carbocycles. The van der Waals surface area contributed by atoms with E-state index in [9.17, 15) is 30.7 Å². The summed E-state index contributed by atoms with van der Waals surface area (Å²) < 4.78 is 87.8. The highest BCUT2D eigenvalue weighted by Crippen LogP contribution is 2.47. The Morgan fingerprint density at radius 3 is 1.53 bits per heavy atom. The van der Waals surface area contributed by atoms with Crippen LogP contribution in [0.25, 0.3) is 0 Å². The molecule has 0 aliphatic carbocycles. The van der Waals surface area contributed by atoms with Crippen molar-refractivity contribution in [3.63, 3.8) is 0 Å². The summed E-state index contributed by atoms with van der Waals surface area (Å²) in [6, 6.07) is -0.464. The van der Waals surface area contributed by atoms with E-state index in [1.54, 1.807) is 0 Å². The van der Waals surface area contributed by atoms with Crippen molar-refractivity contribution in [2.24, 2.45) is 0 Å². The Morgan fingerprint density at radius 2 is 1.29 bits per heavy atom. The summed E-state index contributed by atoms with van der Waals surface area (Å²) in [5, 5.41) is 0. The highest BCUT2D eigenvalue weighted by molar-refractivity contribution is 7.44. The maximum Gasteiger partial charge on any atom is 0.458 e. The fraction of sp³-hybridized carbons (Fsp3) is 1.00. The van der Waals surface area contributed by atoms with E-state index < -0.39 is 37.6 Å². The summed E-state index contributed by atoms with van der Waals surface area (Å²) in [6.07, 6.45) is -12.4. The van der Waals surface area contributed by atoms with E-state index in [1.165, 1.54) is 6.55 Å². The van der Waals surface area contributed by atoms with Gasteiger partial charge in [-0.15, -0.1) is 22.2 Å². The third-order valence-electron chi connectivity index (χ3n) is 1.57. The predicted octanol–water partition coefficient (Wildman–Crippen LogP) is 4.34. The second kappa shape index (κ2) is 5.10. The van der Waals surface area contributed by atoms with Crippen molar-refractivity contribution in [2.75, 3.05) is 6.61 Å². The molecule has 0 rings (SSSR count). The molecule has 0 aliphatic rings. The molecule has 0 aromatic rings. The molecule has 0 fully saturated rings. The van der Waals surface area contributed by atoms with Gasteiger partial charge in [-0.3, -0.25) is 0 Å². The van der Waals surface area contributed by atoms with Gasteiger partial charge in [0.2, 0.25) is 0 Å². The van der Waals surface area contributed by atoms with Crippen molar-refractivity contribution >= 4 is 28.9 Å². The van der Waals surface area contributed by atoms with Crippen molar-refractivity contribution in [2.45, 2.75) is 30.8 Å². The van der Waals surface area contributed by atoms with E-state index in [1.807, 2.05) is 0 Å². The first kappa shape index (κ1) is 17.3. The quantitative estimate of drug-likeness (QED) is 0.424. The zero-order valence-electron chi connectivity index (χ0n) is 8.22. The molecule has 0 aromatic heterocycles. The molecule has 0 bridgehead atoms. The lowest BCUT2D eigenvalue weighted by Crippen LogP contribution is -2.55. The van der Waals surface area contributed by atoms with Crippen molar-refractivity contribution < 1.29 is 35.5 Å². The minimum atomic E-state index is -6.22. The number of hydrogen-bond donors (Lipinski definition) is 0. The van der Waals surface area contributed by atoms with Gasteiger partial charge in [0.15, 0.2) is 0 Å². The zero-order valence-corrected chi connectivity index (χ0v) is 10.7. The van der Waals surface area contributed by atoms with Crippen molar-refractivity contribution in [3.05, 3.63) is 0 Å². The minimum absolute atomic E-state index is 0.464. The monoisotopic (exact) mass is 326 g/mol. The molecule has 0 spiro atoms. The van der Waals surface area contributed by atoms with Crippen LogP contribution in [0.15, 0.2) is 0 Å². The number of halogens is 9. The molecule has 0 amide bonds. The zero-order chi connectivity index (χ0) is 14.1. The molecule has 0 aliphatic heterocycles. The first-order valence-electron chi connectivity index (χ1n) is 4.05. The molecule has 0 N–H and O–H groups in total. The molecule has 104 valence electrons. The normalized spacial score (nSPS) is 15.2. The molecule has 0 atom stereocenters. The van der Waals surface area contributed by atoms with E-state index >= 15 is 0 Å². The summed E-state index contributed by atoms with van der Waals surface area (Å²) in [5.41, 5.74) is 0. The van der Waals surface area contributed by atoms with Crippen molar-refractivity contribution in [3.8, 4) is 0 Å². The van der Waals surface area contributed by atoms with E-state index in [4.69, 9.17) is 22.2 Å². The highest BCUT2D eigenvalue weighted by atomic mass is 35.7. The Hall–Kier alpha value is 0.267. The second-order valence-corrected chi connectivity index (χ2v) is 11.5. The van der Waals surface area contributed by atoms with Crippen LogP contribution in [0.4, 0.5) is 30.7 Å². The molecule has 0 radical (unpaired) electrons. The summed E-state index contributed by atoms with van der Waals surface area (Å²) in [7, 11) is 0. The van der Waals surface area contributed by atoms with Crippen molar-refractivity contribution in [1.82, 2.24) is 0 Å². The van der Waals surface area contributed by atoms with Gasteiger partial charge < -0.3 is 4.74 Å². The second-order valence-electron chi connectivity index (χ2n) is 3.26. The van der Waals surface area contributed by atoms with Crippen LogP contribution < -0.4 is 0 Å². The highest BCUT2D eigenvalue weighted by Gasteiger charge is 2.74. The first-order chi connectivity index (χ1) is 7.21. The van der Waals surface area contributed by atoms with Crippen LogP contribution in [0.5, 0.6) is 0 Å². The average molecular weight is 327 g/mol. The summed E-state index contributed by atoms with van der Waals surface area (Å²) >= 11 is 10.9. The third-order valence-corrected chi connectivity index (χ3v) is 3.79. The van der Waals surface area contributed by atoms with Gasteiger partial charge in [-0.2, -0.15) is 30.7 Å². The first-order valence-corrected chi connectivity index (χ1v) is 8.78. The molecular formula is C6H7Cl2F7OSi. The van der Waals surface area contributed by atoms with Crippen LogP contribution in [0.2, 0.25) is 12.6 Å². The van der Waals surface area contributed by atoms with Gasteiger partial charge in [0.25, 0.3) is 6.69 Å². The van der Waals surface area contributed by atoms with E-state index in [0.717, 1.165) is 0 Å². The maximum atomic E-state index is 12.8. The lowest BCUT2D eigenvalue weighted by Gasteiger charge is -2.29. The SMILES string of the molecule is C[Si](Cl)(Cl)CCOC(F)(C(F)(F)F)C(F)(F)F. The van der Waals surface area contributed by atoms with Gasteiger partial charge >= 0.3 is 18.2 Å². The maximum absolute atomic E-state index is 12.8. The summed E-state index contributed by atoms with van der Waals surface area (Å²) in [5.74, 6) is -5.70. The standard InChI is InChI=1S/C6H7Cl2F7OSi/c1-17(7,8)3-2-16-4(9,5(10,11)12)6(13,14)15/h2-3H2,1H3. The fourth-order valence-corrected chi connectivity index (χ4v) is 1.62. The van der Waals surface area contributed by atoms with Gasteiger partial charge in [0.05, 0.1) is 6.61 Å². The molecule has 0 heterocycles. The Labute approximate surface area is 102 Å². The minimum Gasteiger partial charge on any atom is -0.332 e. The predicted molar refractivity (Wildman–Crippen MR) is 50.0 cm³/mol. The topological polar surface area (TPSA) is 9.23 Å². The van der Waals surface area contributed by atoms with Crippen molar-refractivity contribution in [1.29, 1.82) is 0 Å². The van der Waals surface area contributed by atoms with Gasteiger partial charge in [0, 0.05) is 0 Å². The van der Waals surface area contributed by atoms with Gasteiger partial charge in [-0.25, -0.2) is 0 Å². The van der Waals surface area contributed by atoms with Gasteiger partial charge in [-0.05, 0) is 12.6 Å². The van der Waals surface area contributed by atoms with E-state index in [0.29, 0.717) is 0 Å². The fourth-order valence-electron chi connectivity index (χ4n) is 0.695. The lowest BCUT2D eigenvalue weighted by molar-refractivity contribution is -0.429. The third kappa shape index (κ3) is 4.80. The molecule has 0 saturated carbocycles. The molecule has 11 heteroatoms. The Balaban J connectivity index is 4.77. The van der Waals surface area contributed by atoms with Gasteiger partial charge in [-0.1, -0.05) is 0 Å². The Morgan fingerprint density at radius 1 is 0.941 bits per heavy atom. The van der Waals surface area contributed by atoms with Crippen LogP contribution in [0.1, 0.15) is 0 Å². The smallest absolute Gasteiger partial charge is 0.332 e. The number of rotatable bonds is 4. The van der Waals surface area contributed by atoms with Crippen LogP contribution in [-0.4, -0.2) is 31.5 Å². The van der Waals surface area contributed by atoms with Crippen LogP contribution >= 0.6 is 22.2 Å². The Kier molecular flexibility index (Phi) is 5.18. The number of alkyl halides is 7. The van der Waals surface area contributed by atoms with Crippen LogP contribution in [0.3, 0.4) is 0 Å². The summed E-state index contributed by atoms with van der Waals surface area (Å²) in [6.45, 7) is -2.88. The van der Waals surface area contributed by atoms with Crippen LogP contribution in [0, 0.1) is 0 Å². The van der Waals surface area contributed by atoms with Gasteiger partial charge in [0.1, 0.15) is 0 Å². The molecule has 1 nitrogen and oxygen atoms in total. The summed E-state index contributed by atoms with van der Waals surface area (Å²) in [4.78, 5) is 0. The molecule has 0 saturated heterocycles.